The summed E-state index contributed by atoms with van der Waals surface area (Å²) in [5.41, 5.74) is 1.02. The van der Waals surface area contributed by atoms with Crippen LogP contribution in [0.15, 0.2) is 30.3 Å². The first-order valence-electron chi connectivity index (χ1n) is 9.21. The van der Waals surface area contributed by atoms with Gasteiger partial charge in [-0.25, -0.2) is 0 Å². The van der Waals surface area contributed by atoms with Gasteiger partial charge >= 0.3 is 5.97 Å². The Hall–Kier alpha value is -1.17. The van der Waals surface area contributed by atoms with Gasteiger partial charge < -0.3 is 13.9 Å². The lowest BCUT2D eigenvalue weighted by atomic mass is 9.87. The van der Waals surface area contributed by atoms with Crippen molar-refractivity contribution in [2.45, 2.75) is 76.7 Å². The molecule has 2 aliphatic rings. The third kappa shape index (κ3) is 4.33. The lowest BCUT2D eigenvalue weighted by Crippen LogP contribution is -2.47. The minimum absolute atomic E-state index is 0.0221. The third-order valence-electron chi connectivity index (χ3n) is 5.83. The fourth-order valence-corrected chi connectivity index (χ4v) is 4.51. The van der Waals surface area contributed by atoms with E-state index in [4.69, 9.17) is 13.9 Å². The number of hydrogen-bond acceptors (Lipinski definition) is 4. The molecule has 0 N–H and O–H groups in total. The molecule has 1 saturated heterocycles. The van der Waals surface area contributed by atoms with Crippen LogP contribution in [0.25, 0.3) is 0 Å². The summed E-state index contributed by atoms with van der Waals surface area (Å²) < 4.78 is 17.9. The molecule has 3 rings (SSSR count). The van der Waals surface area contributed by atoms with Crippen LogP contribution in [0.3, 0.4) is 0 Å². The van der Waals surface area contributed by atoms with Crippen molar-refractivity contribution in [3.63, 3.8) is 0 Å². The van der Waals surface area contributed by atoms with E-state index in [-0.39, 0.29) is 35.2 Å². The number of esters is 1. The maximum atomic E-state index is 12.5. The average molecular weight is 363 g/mol. The van der Waals surface area contributed by atoms with Crippen LogP contribution in [0.4, 0.5) is 0 Å². The van der Waals surface area contributed by atoms with Crippen LogP contribution < -0.4 is 0 Å². The molecule has 1 aromatic carbocycles. The molecule has 5 heteroatoms. The quantitative estimate of drug-likeness (QED) is 0.445. The van der Waals surface area contributed by atoms with Crippen molar-refractivity contribution in [2.75, 3.05) is 0 Å². The molecule has 1 heterocycles. The van der Waals surface area contributed by atoms with Gasteiger partial charge in [0.25, 0.3) is 0 Å². The molecule has 0 amide bonds. The molecule has 4 nitrogen and oxygen atoms in total. The predicted molar refractivity (Wildman–Crippen MR) is 99.7 cm³/mol. The normalized spacial score (nSPS) is 29.0. The summed E-state index contributed by atoms with van der Waals surface area (Å²) in [4.78, 5) is 12.5. The Morgan fingerprint density at radius 2 is 1.88 bits per heavy atom. The van der Waals surface area contributed by atoms with Gasteiger partial charge in [0, 0.05) is 0 Å². The van der Waals surface area contributed by atoms with Gasteiger partial charge in [0.05, 0.1) is 18.1 Å². The second-order valence-electron chi connectivity index (χ2n) is 8.82. The van der Waals surface area contributed by atoms with Crippen molar-refractivity contribution in [1.82, 2.24) is 0 Å². The summed E-state index contributed by atoms with van der Waals surface area (Å²) in [6, 6.07) is 9.81. The van der Waals surface area contributed by atoms with Gasteiger partial charge in [0.1, 0.15) is 12.7 Å². The first kappa shape index (κ1) is 18.6. The SMILES string of the molecule is CC(C)(C)[Si](C)(C)O[C@H]1C[C@@H](C(=O)OCc2ccccc2)C[C@@H]2O[C@@H]21. The zero-order valence-corrected chi connectivity index (χ0v) is 17.0. The summed E-state index contributed by atoms with van der Waals surface area (Å²) in [6.07, 6.45) is 1.83. The molecule has 0 aromatic heterocycles. The van der Waals surface area contributed by atoms with E-state index < -0.39 is 8.32 Å². The van der Waals surface area contributed by atoms with E-state index in [0.717, 1.165) is 12.0 Å². The molecule has 25 heavy (non-hydrogen) atoms. The van der Waals surface area contributed by atoms with Gasteiger partial charge in [-0.15, -0.1) is 0 Å². The Labute approximate surface area is 152 Å². The number of benzene rings is 1. The molecule has 2 fully saturated rings. The van der Waals surface area contributed by atoms with Gasteiger partial charge in [-0.3, -0.25) is 4.79 Å². The van der Waals surface area contributed by atoms with Gasteiger partial charge in [-0.2, -0.15) is 0 Å². The van der Waals surface area contributed by atoms with Crippen molar-refractivity contribution in [2.24, 2.45) is 5.92 Å². The highest BCUT2D eigenvalue weighted by molar-refractivity contribution is 6.74. The number of hydrogen-bond donors (Lipinski definition) is 0. The maximum Gasteiger partial charge on any atom is 0.309 e. The standard InChI is InChI=1S/C20H30O4Si/c1-20(2,3)25(4,5)24-17-12-15(11-16-18(17)23-16)19(21)22-13-14-9-7-6-8-10-14/h6-10,15-18H,11-13H2,1-5H3/t15-,16-,17-,18-/m0/s1. The van der Waals surface area contributed by atoms with Crippen LogP contribution in [-0.4, -0.2) is 32.6 Å². The first-order chi connectivity index (χ1) is 11.7. The monoisotopic (exact) mass is 362 g/mol. The zero-order chi connectivity index (χ0) is 18.2. The maximum absolute atomic E-state index is 12.5. The van der Waals surface area contributed by atoms with Crippen molar-refractivity contribution in [3.05, 3.63) is 35.9 Å². The van der Waals surface area contributed by atoms with Crippen LogP contribution in [-0.2, 0) is 25.3 Å². The number of epoxide rings is 1. The summed E-state index contributed by atoms with van der Waals surface area (Å²) >= 11 is 0. The first-order valence-corrected chi connectivity index (χ1v) is 12.1. The lowest BCUT2D eigenvalue weighted by Gasteiger charge is -2.40. The van der Waals surface area contributed by atoms with Crippen molar-refractivity contribution in [1.29, 1.82) is 0 Å². The Balaban J connectivity index is 1.58. The highest BCUT2D eigenvalue weighted by Gasteiger charge is 2.55. The molecule has 1 aliphatic carbocycles. The van der Waals surface area contributed by atoms with E-state index >= 15 is 0 Å². The fourth-order valence-electron chi connectivity index (χ4n) is 3.17. The second kappa shape index (κ2) is 6.86. The molecular weight excluding hydrogens is 332 g/mol. The van der Waals surface area contributed by atoms with Crippen molar-refractivity contribution >= 4 is 14.3 Å². The largest absolute Gasteiger partial charge is 0.461 e. The van der Waals surface area contributed by atoms with Crippen molar-refractivity contribution in [3.8, 4) is 0 Å². The molecular formula is C20H30O4Si. The number of fused-ring (bicyclic) bond motifs is 1. The summed E-state index contributed by atoms with van der Waals surface area (Å²) in [7, 11) is -1.88. The number of rotatable bonds is 5. The van der Waals surface area contributed by atoms with Crippen LogP contribution in [0.1, 0.15) is 39.2 Å². The number of ether oxygens (including phenoxy) is 2. The molecule has 1 saturated carbocycles. The number of carbonyl (C=O) groups is 1. The molecule has 0 unspecified atom stereocenters. The second-order valence-corrected chi connectivity index (χ2v) is 13.6. The Bertz CT molecular complexity index is 608. The highest BCUT2D eigenvalue weighted by Crippen LogP contribution is 2.45. The van der Waals surface area contributed by atoms with E-state index in [2.05, 4.69) is 33.9 Å². The van der Waals surface area contributed by atoms with E-state index in [1.165, 1.54) is 0 Å². The van der Waals surface area contributed by atoms with E-state index in [0.29, 0.717) is 13.0 Å². The van der Waals surface area contributed by atoms with Gasteiger partial charge in [0.2, 0.25) is 0 Å². The van der Waals surface area contributed by atoms with E-state index in [1.807, 2.05) is 30.3 Å². The molecule has 138 valence electrons. The highest BCUT2D eigenvalue weighted by atomic mass is 28.4. The third-order valence-corrected chi connectivity index (χ3v) is 10.3. The lowest BCUT2D eigenvalue weighted by molar-refractivity contribution is -0.151. The van der Waals surface area contributed by atoms with Crippen molar-refractivity contribution < 1.29 is 18.7 Å². The fraction of sp³-hybridized carbons (Fsp3) is 0.650. The molecule has 0 bridgehead atoms. The van der Waals surface area contributed by atoms with Crippen LogP contribution in [0.5, 0.6) is 0 Å². The van der Waals surface area contributed by atoms with Crippen LogP contribution in [0, 0.1) is 5.92 Å². The van der Waals surface area contributed by atoms with Gasteiger partial charge in [-0.1, -0.05) is 51.1 Å². The Morgan fingerprint density at radius 3 is 2.52 bits per heavy atom. The summed E-state index contributed by atoms with van der Waals surface area (Å²) in [5, 5.41) is 0.151. The molecule has 1 aliphatic heterocycles. The Kier molecular flexibility index (Phi) is 5.10. The topological polar surface area (TPSA) is 48.1 Å². The van der Waals surface area contributed by atoms with E-state index in [1.54, 1.807) is 0 Å². The predicted octanol–water partition coefficient (Wildman–Crippen LogP) is 4.30. The van der Waals surface area contributed by atoms with Crippen LogP contribution in [0.2, 0.25) is 18.1 Å². The zero-order valence-electron chi connectivity index (χ0n) is 16.0. The summed E-state index contributed by atoms with van der Waals surface area (Å²) in [5.74, 6) is -0.246. The Morgan fingerprint density at radius 1 is 1.20 bits per heavy atom. The number of carbonyl (C=O) groups excluding carboxylic acids is 1. The average Bonchev–Trinajstić information content (AvgIpc) is 3.32. The molecule has 1 aromatic rings. The smallest absolute Gasteiger partial charge is 0.309 e. The van der Waals surface area contributed by atoms with E-state index in [9.17, 15) is 4.79 Å². The molecule has 0 radical (unpaired) electrons. The molecule has 4 atom stereocenters. The van der Waals surface area contributed by atoms with Crippen LogP contribution >= 0.6 is 0 Å². The minimum atomic E-state index is -1.88. The minimum Gasteiger partial charge on any atom is -0.461 e. The van der Waals surface area contributed by atoms with Gasteiger partial charge in [-0.05, 0) is 36.5 Å². The van der Waals surface area contributed by atoms with Gasteiger partial charge in [0.15, 0.2) is 8.32 Å². The summed E-state index contributed by atoms with van der Waals surface area (Å²) in [6.45, 7) is 11.5. The molecule has 0 spiro atoms.